The zero-order chi connectivity index (χ0) is 15.2. The van der Waals surface area contributed by atoms with Gasteiger partial charge < -0.3 is 15.0 Å². The van der Waals surface area contributed by atoms with Crippen molar-refractivity contribution in [3.05, 3.63) is 29.8 Å². The highest BCUT2D eigenvalue weighted by atomic mass is 16.5. The monoisotopic (exact) mass is 290 g/mol. The Labute approximate surface area is 127 Å². The third kappa shape index (κ3) is 4.74. The maximum atomic E-state index is 12.3. The van der Waals surface area contributed by atoms with Crippen LogP contribution in [0.15, 0.2) is 24.3 Å². The van der Waals surface area contributed by atoms with Crippen molar-refractivity contribution in [2.45, 2.75) is 52.2 Å². The van der Waals surface area contributed by atoms with Crippen LogP contribution in [0.3, 0.4) is 0 Å². The van der Waals surface area contributed by atoms with Crippen LogP contribution in [-0.4, -0.2) is 36.2 Å². The van der Waals surface area contributed by atoms with Crippen molar-refractivity contribution in [3.63, 3.8) is 0 Å². The Morgan fingerprint density at radius 3 is 2.43 bits per heavy atom. The number of benzene rings is 1. The van der Waals surface area contributed by atoms with Crippen molar-refractivity contribution < 1.29 is 9.53 Å². The molecule has 2 atom stereocenters. The summed E-state index contributed by atoms with van der Waals surface area (Å²) in [5.74, 6) is 0. The normalized spacial score (nSPS) is 22.1. The first-order chi connectivity index (χ1) is 10.1. The van der Waals surface area contributed by atoms with Gasteiger partial charge in [-0.15, -0.1) is 0 Å². The molecule has 0 aliphatic carbocycles. The second-order valence-corrected chi connectivity index (χ2v) is 5.89. The van der Waals surface area contributed by atoms with Gasteiger partial charge in [0.25, 0.3) is 0 Å². The SMILES string of the molecule is CCCCc1ccc(NC(=O)N2C[C@@H](C)O[C@H](C)C2)cc1. The van der Waals surface area contributed by atoms with E-state index in [1.165, 1.54) is 18.4 Å². The third-order valence-electron chi connectivity index (χ3n) is 3.73. The quantitative estimate of drug-likeness (QED) is 0.919. The summed E-state index contributed by atoms with van der Waals surface area (Å²) in [5, 5.41) is 2.97. The van der Waals surface area contributed by atoms with E-state index >= 15 is 0 Å². The lowest BCUT2D eigenvalue weighted by atomic mass is 10.1. The van der Waals surface area contributed by atoms with Gasteiger partial charge in [-0.25, -0.2) is 4.79 Å². The van der Waals surface area contributed by atoms with Crippen molar-refractivity contribution >= 4 is 11.7 Å². The summed E-state index contributed by atoms with van der Waals surface area (Å²) < 4.78 is 5.65. The molecule has 0 radical (unpaired) electrons. The van der Waals surface area contributed by atoms with E-state index in [1.54, 1.807) is 0 Å². The minimum Gasteiger partial charge on any atom is -0.372 e. The average molecular weight is 290 g/mol. The predicted octanol–water partition coefficient (Wildman–Crippen LogP) is 3.67. The van der Waals surface area contributed by atoms with Crippen molar-refractivity contribution in [1.82, 2.24) is 4.90 Å². The molecule has 1 N–H and O–H groups in total. The van der Waals surface area contributed by atoms with Crippen LogP contribution in [0.25, 0.3) is 0 Å². The fourth-order valence-electron chi connectivity index (χ4n) is 2.68. The molecular weight excluding hydrogens is 264 g/mol. The molecule has 2 rings (SSSR count). The van der Waals surface area contributed by atoms with E-state index in [2.05, 4.69) is 24.4 Å². The Hall–Kier alpha value is -1.55. The molecule has 2 amide bonds. The molecular formula is C17H26N2O2. The van der Waals surface area contributed by atoms with Crippen LogP contribution in [0, 0.1) is 0 Å². The zero-order valence-electron chi connectivity index (χ0n) is 13.3. The molecule has 1 aromatic rings. The summed E-state index contributed by atoms with van der Waals surface area (Å²) in [4.78, 5) is 14.1. The zero-order valence-corrected chi connectivity index (χ0v) is 13.3. The first kappa shape index (κ1) is 15.8. The standard InChI is InChI=1S/C17H26N2O2/c1-4-5-6-15-7-9-16(10-8-15)18-17(20)19-11-13(2)21-14(3)12-19/h7-10,13-14H,4-6,11-12H2,1-3H3,(H,18,20)/t13-,14-/m1/s1. The van der Waals surface area contributed by atoms with Gasteiger partial charge in [-0.1, -0.05) is 25.5 Å². The molecule has 1 aromatic carbocycles. The van der Waals surface area contributed by atoms with Gasteiger partial charge in [0.1, 0.15) is 0 Å². The van der Waals surface area contributed by atoms with Gasteiger partial charge in [0.05, 0.1) is 12.2 Å². The molecule has 0 bridgehead atoms. The van der Waals surface area contributed by atoms with Gasteiger partial charge in [0.2, 0.25) is 0 Å². The Morgan fingerprint density at radius 1 is 1.24 bits per heavy atom. The van der Waals surface area contributed by atoms with E-state index < -0.39 is 0 Å². The second-order valence-electron chi connectivity index (χ2n) is 5.89. The fraction of sp³-hybridized carbons (Fsp3) is 0.588. The summed E-state index contributed by atoms with van der Waals surface area (Å²) in [6.45, 7) is 7.48. The van der Waals surface area contributed by atoms with Crippen molar-refractivity contribution in [1.29, 1.82) is 0 Å². The molecule has 0 aromatic heterocycles. The number of hydrogen-bond donors (Lipinski definition) is 1. The molecule has 0 spiro atoms. The van der Waals surface area contributed by atoms with Crippen LogP contribution >= 0.6 is 0 Å². The molecule has 4 nitrogen and oxygen atoms in total. The number of hydrogen-bond acceptors (Lipinski definition) is 2. The fourth-order valence-corrected chi connectivity index (χ4v) is 2.68. The topological polar surface area (TPSA) is 41.6 Å². The average Bonchev–Trinajstić information content (AvgIpc) is 2.45. The number of aryl methyl sites for hydroxylation is 1. The molecule has 21 heavy (non-hydrogen) atoms. The first-order valence-corrected chi connectivity index (χ1v) is 7.88. The number of rotatable bonds is 4. The van der Waals surface area contributed by atoms with Crippen molar-refractivity contribution in [2.75, 3.05) is 18.4 Å². The Bertz CT molecular complexity index is 448. The van der Waals surface area contributed by atoms with Gasteiger partial charge in [-0.05, 0) is 44.4 Å². The van der Waals surface area contributed by atoms with Gasteiger partial charge in [-0.3, -0.25) is 0 Å². The third-order valence-corrected chi connectivity index (χ3v) is 3.73. The lowest BCUT2D eigenvalue weighted by molar-refractivity contribution is -0.0530. The maximum Gasteiger partial charge on any atom is 0.322 e. The number of carbonyl (C=O) groups is 1. The molecule has 4 heteroatoms. The Kier molecular flexibility index (Phi) is 5.62. The summed E-state index contributed by atoms with van der Waals surface area (Å²) >= 11 is 0. The smallest absolute Gasteiger partial charge is 0.322 e. The second kappa shape index (κ2) is 7.46. The first-order valence-electron chi connectivity index (χ1n) is 7.88. The number of morpholine rings is 1. The molecule has 1 heterocycles. The van der Waals surface area contributed by atoms with Crippen LogP contribution in [-0.2, 0) is 11.2 Å². The van der Waals surface area contributed by atoms with Gasteiger partial charge >= 0.3 is 6.03 Å². The molecule has 116 valence electrons. The molecule has 0 unspecified atom stereocenters. The van der Waals surface area contributed by atoms with E-state index in [9.17, 15) is 4.79 Å². The van der Waals surface area contributed by atoms with Crippen LogP contribution in [0.1, 0.15) is 39.2 Å². The van der Waals surface area contributed by atoms with E-state index in [-0.39, 0.29) is 18.2 Å². The number of anilines is 1. The number of urea groups is 1. The number of ether oxygens (including phenoxy) is 1. The van der Waals surface area contributed by atoms with Gasteiger partial charge in [0, 0.05) is 18.8 Å². The minimum absolute atomic E-state index is 0.0432. The number of nitrogens with zero attached hydrogens (tertiary/aromatic N) is 1. The van der Waals surface area contributed by atoms with Gasteiger partial charge in [-0.2, -0.15) is 0 Å². The van der Waals surface area contributed by atoms with Crippen molar-refractivity contribution in [2.24, 2.45) is 0 Å². The maximum absolute atomic E-state index is 12.3. The van der Waals surface area contributed by atoms with E-state index in [0.29, 0.717) is 13.1 Å². The molecule has 1 aliphatic heterocycles. The van der Waals surface area contributed by atoms with Crippen molar-refractivity contribution in [3.8, 4) is 0 Å². The van der Waals surface area contributed by atoms with Crippen LogP contribution in [0.2, 0.25) is 0 Å². The lowest BCUT2D eigenvalue weighted by Crippen LogP contribution is -2.49. The molecule has 0 saturated carbocycles. The van der Waals surface area contributed by atoms with Crippen LogP contribution in [0.4, 0.5) is 10.5 Å². The number of amides is 2. The Morgan fingerprint density at radius 2 is 1.86 bits per heavy atom. The summed E-state index contributed by atoms with van der Waals surface area (Å²) in [7, 11) is 0. The highest BCUT2D eigenvalue weighted by Gasteiger charge is 2.25. The molecule has 1 fully saturated rings. The Balaban J connectivity index is 1.90. The molecule has 1 aliphatic rings. The number of nitrogens with one attached hydrogen (secondary N) is 1. The molecule has 1 saturated heterocycles. The number of carbonyl (C=O) groups excluding carboxylic acids is 1. The van der Waals surface area contributed by atoms with E-state index in [0.717, 1.165) is 12.1 Å². The predicted molar refractivity (Wildman–Crippen MR) is 85.7 cm³/mol. The van der Waals surface area contributed by atoms with Gasteiger partial charge in [0.15, 0.2) is 0 Å². The number of unbranched alkanes of at least 4 members (excludes halogenated alkanes) is 1. The highest BCUT2D eigenvalue weighted by Crippen LogP contribution is 2.15. The van der Waals surface area contributed by atoms with Crippen LogP contribution < -0.4 is 5.32 Å². The minimum atomic E-state index is -0.0432. The van der Waals surface area contributed by atoms with Crippen LogP contribution in [0.5, 0.6) is 0 Å². The summed E-state index contributed by atoms with van der Waals surface area (Å²) in [6.07, 6.45) is 3.69. The lowest BCUT2D eigenvalue weighted by Gasteiger charge is -2.35. The van der Waals surface area contributed by atoms with E-state index in [1.807, 2.05) is 30.9 Å². The van der Waals surface area contributed by atoms with E-state index in [4.69, 9.17) is 4.74 Å². The summed E-state index contributed by atoms with van der Waals surface area (Å²) in [5.41, 5.74) is 2.18. The highest BCUT2D eigenvalue weighted by molar-refractivity contribution is 5.89. The largest absolute Gasteiger partial charge is 0.372 e. The summed E-state index contributed by atoms with van der Waals surface area (Å²) in [6, 6.07) is 8.11.